The van der Waals surface area contributed by atoms with Crippen molar-refractivity contribution in [1.29, 1.82) is 0 Å². The van der Waals surface area contributed by atoms with Crippen molar-refractivity contribution in [3.63, 3.8) is 0 Å². The standard InChI is InChI=1S/C32H40N4O3/c1-23(37)36(29(31(39)34-4)20-24-12-6-5-7-13-24)22-27(35-30(38)18-11-19-32(2,3)33)21-26-16-10-15-25-14-8-9-17-28(25)26/h5-18,27,29H,19-22,33H2,1-4H3,(H,34,39)(H,35,38)/b18-11+/t27-,29-/m1/s1. The second kappa shape index (κ2) is 13.7. The van der Waals surface area contributed by atoms with Gasteiger partial charge in [-0.3, -0.25) is 14.4 Å². The number of hydrogen-bond acceptors (Lipinski definition) is 4. The van der Waals surface area contributed by atoms with Gasteiger partial charge in [0.05, 0.1) is 6.04 Å². The number of rotatable bonds is 12. The van der Waals surface area contributed by atoms with Crippen molar-refractivity contribution in [2.45, 2.75) is 57.7 Å². The Hall–Kier alpha value is -3.97. The van der Waals surface area contributed by atoms with E-state index in [9.17, 15) is 14.4 Å². The van der Waals surface area contributed by atoms with Crippen molar-refractivity contribution >= 4 is 28.5 Å². The number of carbonyl (C=O) groups is 3. The fourth-order valence-corrected chi connectivity index (χ4v) is 4.68. The Morgan fingerprint density at radius 3 is 2.28 bits per heavy atom. The highest BCUT2D eigenvalue weighted by molar-refractivity contribution is 5.89. The van der Waals surface area contributed by atoms with Crippen LogP contribution in [0.4, 0.5) is 0 Å². The van der Waals surface area contributed by atoms with E-state index in [0.717, 1.165) is 21.9 Å². The topological polar surface area (TPSA) is 105 Å². The van der Waals surface area contributed by atoms with Crippen LogP contribution in [0.15, 0.2) is 84.9 Å². The minimum absolute atomic E-state index is 0.172. The van der Waals surface area contributed by atoms with Gasteiger partial charge in [-0.2, -0.15) is 0 Å². The highest BCUT2D eigenvalue weighted by atomic mass is 16.2. The molecular weight excluding hydrogens is 488 g/mol. The zero-order chi connectivity index (χ0) is 28.4. The first-order chi connectivity index (χ1) is 18.6. The summed E-state index contributed by atoms with van der Waals surface area (Å²) in [7, 11) is 1.57. The van der Waals surface area contributed by atoms with E-state index < -0.39 is 17.6 Å². The minimum atomic E-state index is -0.726. The monoisotopic (exact) mass is 528 g/mol. The number of fused-ring (bicyclic) bond motifs is 1. The van der Waals surface area contributed by atoms with E-state index in [1.165, 1.54) is 13.0 Å². The van der Waals surface area contributed by atoms with Gasteiger partial charge in [-0.1, -0.05) is 78.9 Å². The lowest BCUT2D eigenvalue weighted by atomic mass is 9.97. The Kier molecular flexibility index (Phi) is 10.4. The van der Waals surface area contributed by atoms with Gasteiger partial charge in [0.25, 0.3) is 0 Å². The van der Waals surface area contributed by atoms with Crippen molar-refractivity contribution in [2.75, 3.05) is 13.6 Å². The molecule has 3 amide bonds. The molecule has 0 saturated heterocycles. The summed E-state index contributed by atoms with van der Waals surface area (Å²) in [4.78, 5) is 40.5. The first-order valence-electron chi connectivity index (χ1n) is 13.3. The molecule has 0 radical (unpaired) electrons. The average Bonchev–Trinajstić information content (AvgIpc) is 2.90. The van der Waals surface area contributed by atoms with Crippen LogP contribution in [-0.4, -0.2) is 53.8 Å². The molecule has 206 valence electrons. The summed E-state index contributed by atoms with van der Waals surface area (Å²) < 4.78 is 0. The number of carbonyl (C=O) groups excluding carboxylic acids is 3. The largest absolute Gasteiger partial charge is 0.357 e. The highest BCUT2D eigenvalue weighted by Crippen LogP contribution is 2.21. The summed E-state index contributed by atoms with van der Waals surface area (Å²) in [6, 6.07) is 22.6. The molecule has 0 aromatic heterocycles. The maximum absolute atomic E-state index is 13.0. The summed E-state index contributed by atoms with van der Waals surface area (Å²) in [5.74, 6) is -0.765. The Morgan fingerprint density at radius 1 is 0.949 bits per heavy atom. The lowest BCUT2D eigenvalue weighted by molar-refractivity contribution is -0.139. The quantitative estimate of drug-likeness (QED) is 0.311. The van der Waals surface area contributed by atoms with Crippen molar-refractivity contribution < 1.29 is 14.4 Å². The van der Waals surface area contributed by atoms with Crippen LogP contribution in [0.5, 0.6) is 0 Å². The number of hydrogen-bond donors (Lipinski definition) is 3. The van der Waals surface area contributed by atoms with Gasteiger partial charge in [-0.05, 0) is 54.7 Å². The predicted octanol–water partition coefficient (Wildman–Crippen LogP) is 3.76. The van der Waals surface area contributed by atoms with E-state index in [1.54, 1.807) is 18.0 Å². The number of nitrogens with zero attached hydrogens (tertiary/aromatic N) is 1. The van der Waals surface area contributed by atoms with E-state index in [-0.39, 0.29) is 24.3 Å². The maximum atomic E-state index is 13.0. The van der Waals surface area contributed by atoms with Crippen LogP contribution in [0, 0.1) is 0 Å². The van der Waals surface area contributed by atoms with E-state index in [4.69, 9.17) is 5.73 Å². The third kappa shape index (κ3) is 9.07. The van der Waals surface area contributed by atoms with Crippen molar-refractivity contribution in [3.8, 4) is 0 Å². The first kappa shape index (κ1) is 29.6. The van der Waals surface area contributed by atoms with Gasteiger partial charge in [0, 0.05) is 32.5 Å². The molecule has 0 saturated carbocycles. The van der Waals surface area contributed by atoms with E-state index >= 15 is 0 Å². The van der Waals surface area contributed by atoms with Crippen molar-refractivity contribution in [2.24, 2.45) is 5.73 Å². The second-order valence-corrected chi connectivity index (χ2v) is 10.6. The highest BCUT2D eigenvalue weighted by Gasteiger charge is 2.30. The SMILES string of the molecule is CNC(=O)[C@@H](Cc1ccccc1)N(C[C@@H](Cc1cccc2ccccc12)NC(=O)/C=C/CC(C)(C)N)C(C)=O. The van der Waals surface area contributed by atoms with Gasteiger partial charge in [-0.15, -0.1) is 0 Å². The van der Waals surface area contributed by atoms with Gasteiger partial charge < -0.3 is 21.3 Å². The summed E-state index contributed by atoms with van der Waals surface area (Å²) in [6.07, 6.45) is 4.64. The van der Waals surface area contributed by atoms with Crippen LogP contribution in [0.1, 0.15) is 38.3 Å². The lowest BCUT2D eigenvalue weighted by Gasteiger charge is -2.33. The molecule has 2 atom stereocenters. The molecule has 0 aliphatic carbocycles. The summed E-state index contributed by atoms with van der Waals surface area (Å²) >= 11 is 0. The van der Waals surface area contributed by atoms with Crippen LogP contribution >= 0.6 is 0 Å². The molecule has 0 heterocycles. The van der Waals surface area contributed by atoms with Crippen LogP contribution in [0.2, 0.25) is 0 Å². The molecule has 3 rings (SSSR count). The van der Waals surface area contributed by atoms with Crippen molar-refractivity contribution in [3.05, 3.63) is 96.1 Å². The van der Waals surface area contributed by atoms with E-state index in [0.29, 0.717) is 19.3 Å². The van der Waals surface area contributed by atoms with Crippen LogP contribution in [0.3, 0.4) is 0 Å². The Bertz CT molecular complexity index is 1290. The number of nitrogens with two attached hydrogens (primary N) is 1. The molecule has 0 aliphatic heterocycles. The van der Waals surface area contributed by atoms with Gasteiger partial charge in [0.2, 0.25) is 17.7 Å². The normalized spacial score (nSPS) is 13.2. The van der Waals surface area contributed by atoms with Gasteiger partial charge >= 0.3 is 0 Å². The predicted molar refractivity (Wildman–Crippen MR) is 157 cm³/mol. The maximum Gasteiger partial charge on any atom is 0.243 e. The van der Waals surface area contributed by atoms with Crippen LogP contribution in [0.25, 0.3) is 10.8 Å². The molecular formula is C32H40N4O3. The second-order valence-electron chi connectivity index (χ2n) is 10.6. The fourth-order valence-electron chi connectivity index (χ4n) is 4.68. The number of nitrogens with one attached hydrogen (secondary N) is 2. The molecule has 0 spiro atoms. The van der Waals surface area contributed by atoms with E-state index in [1.807, 2.05) is 80.6 Å². The number of amides is 3. The number of likely N-dealkylation sites (N-methyl/N-ethyl adjacent to an activating group) is 1. The smallest absolute Gasteiger partial charge is 0.243 e. The Labute approximate surface area is 231 Å². The molecule has 7 heteroatoms. The van der Waals surface area contributed by atoms with Crippen LogP contribution in [-0.2, 0) is 27.2 Å². The third-order valence-corrected chi connectivity index (χ3v) is 6.62. The molecule has 0 bridgehead atoms. The third-order valence-electron chi connectivity index (χ3n) is 6.62. The summed E-state index contributed by atoms with van der Waals surface area (Å²) in [6.45, 7) is 5.43. The average molecular weight is 529 g/mol. The van der Waals surface area contributed by atoms with E-state index in [2.05, 4.69) is 16.7 Å². The molecule has 0 unspecified atom stereocenters. The summed E-state index contributed by atoms with van der Waals surface area (Å²) in [5.41, 5.74) is 7.62. The number of benzene rings is 3. The zero-order valence-corrected chi connectivity index (χ0v) is 23.3. The molecule has 0 aliphatic rings. The minimum Gasteiger partial charge on any atom is -0.357 e. The molecule has 4 N–H and O–H groups in total. The summed E-state index contributed by atoms with van der Waals surface area (Å²) in [5, 5.41) is 7.98. The van der Waals surface area contributed by atoms with Crippen molar-refractivity contribution in [1.82, 2.24) is 15.5 Å². The lowest BCUT2D eigenvalue weighted by Crippen LogP contribution is -2.54. The molecule has 3 aromatic rings. The fraction of sp³-hybridized carbons (Fsp3) is 0.344. The Morgan fingerprint density at radius 2 is 1.62 bits per heavy atom. The first-order valence-corrected chi connectivity index (χ1v) is 13.3. The molecule has 7 nitrogen and oxygen atoms in total. The molecule has 3 aromatic carbocycles. The van der Waals surface area contributed by atoms with Gasteiger partial charge in [-0.25, -0.2) is 0 Å². The molecule has 39 heavy (non-hydrogen) atoms. The molecule has 0 fully saturated rings. The zero-order valence-electron chi connectivity index (χ0n) is 23.3. The van der Waals surface area contributed by atoms with Gasteiger partial charge in [0.15, 0.2) is 0 Å². The van der Waals surface area contributed by atoms with Crippen LogP contribution < -0.4 is 16.4 Å². The van der Waals surface area contributed by atoms with Gasteiger partial charge in [0.1, 0.15) is 6.04 Å². The Balaban J connectivity index is 1.93.